The summed E-state index contributed by atoms with van der Waals surface area (Å²) in [6.07, 6.45) is 9.20. The zero-order valence-electron chi connectivity index (χ0n) is 12.7. The van der Waals surface area contributed by atoms with Crippen LogP contribution in [0.25, 0.3) is 0 Å². The maximum atomic E-state index is 12.9. The van der Waals surface area contributed by atoms with Crippen LogP contribution in [0.4, 0.5) is 4.39 Å². The Kier molecular flexibility index (Phi) is 4.86. The van der Waals surface area contributed by atoms with E-state index in [-0.39, 0.29) is 11.9 Å². The molecule has 0 radical (unpaired) electrons. The number of hydrogen-bond acceptors (Lipinski definition) is 3. The van der Waals surface area contributed by atoms with Crippen molar-refractivity contribution in [1.29, 1.82) is 0 Å². The SMILES string of the molecule is NC(CCN1CCC2CCCCC2C1)c1ccc(F)cn1. The molecule has 3 nitrogen and oxygen atoms in total. The highest BCUT2D eigenvalue weighted by Gasteiger charge is 2.30. The summed E-state index contributed by atoms with van der Waals surface area (Å²) >= 11 is 0. The number of hydrogen-bond donors (Lipinski definition) is 1. The number of piperidine rings is 1. The smallest absolute Gasteiger partial charge is 0.141 e. The molecule has 0 bridgehead atoms. The highest BCUT2D eigenvalue weighted by Crippen LogP contribution is 2.36. The number of likely N-dealkylation sites (tertiary alicyclic amines) is 1. The topological polar surface area (TPSA) is 42.1 Å². The molecule has 2 aliphatic rings. The monoisotopic (exact) mass is 291 g/mol. The number of nitrogens with zero attached hydrogens (tertiary/aromatic N) is 2. The molecule has 3 rings (SSSR count). The van der Waals surface area contributed by atoms with E-state index in [1.54, 1.807) is 6.07 Å². The molecule has 4 heteroatoms. The molecule has 3 unspecified atom stereocenters. The molecule has 1 aliphatic carbocycles. The van der Waals surface area contributed by atoms with Crippen LogP contribution in [-0.4, -0.2) is 29.5 Å². The minimum atomic E-state index is -0.301. The normalized spacial score (nSPS) is 28.1. The van der Waals surface area contributed by atoms with Crippen molar-refractivity contribution in [1.82, 2.24) is 9.88 Å². The molecule has 1 aromatic heterocycles. The highest BCUT2D eigenvalue weighted by atomic mass is 19.1. The van der Waals surface area contributed by atoms with Crippen molar-refractivity contribution in [3.05, 3.63) is 29.8 Å². The summed E-state index contributed by atoms with van der Waals surface area (Å²) in [6, 6.07) is 3.05. The number of aromatic nitrogens is 1. The van der Waals surface area contributed by atoms with Crippen LogP contribution in [-0.2, 0) is 0 Å². The summed E-state index contributed by atoms with van der Waals surface area (Å²) in [5, 5.41) is 0. The van der Waals surface area contributed by atoms with Gasteiger partial charge in [-0.3, -0.25) is 4.98 Å². The van der Waals surface area contributed by atoms with Crippen molar-refractivity contribution >= 4 is 0 Å². The number of halogens is 1. The molecule has 0 amide bonds. The first-order valence-electron chi connectivity index (χ1n) is 8.32. The molecule has 1 aromatic rings. The van der Waals surface area contributed by atoms with Crippen molar-refractivity contribution < 1.29 is 4.39 Å². The van der Waals surface area contributed by atoms with Crippen LogP contribution < -0.4 is 5.73 Å². The fourth-order valence-corrected chi connectivity index (χ4v) is 3.96. The van der Waals surface area contributed by atoms with Gasteiger partial charge in [0.05, 0.1) is 11.9 Å². The molecule has 21 heavy (non-hydrogen) atoms. The average molecular weight is 291 g/mol. The van der Waals surface area contributed by atoms with Crippen molar-refractivity contribution in [2.45, 2.75) is 44.6 Å². The molecule has 2 N–H and O–H groups in total. The summed E-state index contributed by atoms with van der Waals surface area (Å²) in [7, 11) is 0. The van der Waals surface area contributed by atoms with E-state index in [1.807, 2.05) is 0 Å². The fraction of sp³-hybridized carbons (Fsp3) is 0.706. The summed E-state index contributed by atoms with van der Waals surface area (Å²) < 4.78 is 12.9. The van der Waals surface area contributed by atoms with Crippen molar-refractivity contribution in [2.24, 2.45) is 17.6 Å². The van der Waals surface area contributed by atoms with Crippen LogP contribution in [0.1, 0.15) is 50.3 Å². The van der Waals surface area contributed by atoms with E-state index < -0.39 is 0 Å². The van der Waals surface area contributed by atoms with Crippen LogP contribution in [0.5, 0.6) is 0 Å². The highest BCUT2D eigenvalue weighted by molar-refractivity contribution is 5.09. The second kappa shape index (κ2) is 6.84. The number of rotatable bonds is 4. The van der Waals surface area contributed by atoms with Gasteiger partial charge in [-0.15, -0.1) is 0 Å². The van der Waals surface area contributed by atoms with E-state index >= 15 is 0 Å². The maximum Gasteiger partial charge on any atom is 0.141 e. The zero-order valence-corrected chi connectivity index (χ0v) is 12.7. The molecule has 3 atom stereocenters. The van der Waals surface area contributed by atoms with Gasteiger partial charge in [0.15, 0.2) is 0 Å². The number of pyridine rings is 1. The third-order valence-electron chi connectivity index (χ3n) is 5.26. The minimum Gasteiger partial charge on any atom is -0.323 e. The molecular formula is C17H26FN3. The summed E-state index contributed by atoms with van der Waals surface area (Å²) in [5.41, 5.74) is 6.98. The zero-order chi connectivity index (χ0) is 14.7. The van der Waals surface area contributed by atoms with Gasteiger partial charge >= 0.3 is 0 Å². The Morgan fingerprint density at radius 3 is 2.81 bits per heavy atom. The Labute approximate surface area is 126 Å². The van der Waals surface area contributed by atoms with Crippen molar-refractivity contribution in [3.8, 4) is 0 Å². The van der Waals surface area contributed by atoms with E-state index in [0.29, 0.717) is 0 Å². The molecule has 2 heterocycles. The van der Waals surface area contributed by atoms with Gasteiger partial charge in [-0.05, 0) is 49.8 Å². The lowest BCUT2D eigenvalue weighted by Crippen LogP contribution is -2.42. The Morgan fingerprint density at radius 1 is 1.24 bits per heavy atom. The van der Waals surface area contributed by atoms with Gasteiger partial charge in [0.25, 0.3) is 0 Å². The Balaban J connectivity index is 1.47. The molecule has 116 valence electrons. The molecule has 0 spiro atoms. The summed E-state index contributed by atoms with van der Waals surface area (Å²) in [6.45, 7) is 3.49. The first-order chi connectivity index (χ1) is 10.2. The summed E-state index contributed by atoms with van der Waals surface area (Å²) in [4.78, 5) is 6.65. The first-order valence-corrected chi connectivity index (χ1v) is 8.32. The van der Waals surface area contributed by atoms with Gasteiger partial charge < -0.3 is 10.6 Å². The average Bonchev–Trinajstić information content (AvgIpc) is 2.53. The lowest BCUT2D eigenvalue weighted by molar-refractivity contribution is 0.0847. The van der Waals surface area contributed by atoms with Gasteiger partial charge in [0, 0.05) is 19.1 Å². The van der Waals surface area contributed by atoms with Gasteiger partial charge in [-0.25, -0.2) is 4.39 Å². The standard InChI is InChI=1S/C17H26FN3/c18-15-5-6-17(20-11-15)16(19)8-10-21-9-7-13-3-1-2-4-14(13)12-21/h5-6,11,13-14,16H,1-4,7-10,12,19H2. The fourth-order valence-electron chi connectivity index (χ4n) is 3.96. The Bertz CT molecular complexity index is 448. The second-order valence-electron chi connectivity index (χ2n) is 6.69. The van der Waals surface area contributed by atoms with Crippen molar-refractivity contribution in [2.75, 3.05) is 19.6 Å². The van der Waals surface area contributed by atoms with Gasteiger partial charge in [0.1, 0.15) is 5.82 Å². The Morgan fingerprint density at radius 2 is 2.05 bits per heavy atom. The molecule has 1 saturated carbocycles. The number of nitrogens with two attached hydrogens (primary N) is 1. The third kappa shape index (κ3) is 3.80. The molecule has 1 saturated heterocycles. The quantitative estimate of drug-likeness (QED) is 0.926. The predicted molar refractivity (Wildman–Crippen MR) is 82.2 cm³/mol. The lowest BCUT2D eigenvalue weighted by Gasteiger charge is -2.41. The molecular weight excluding hydrogens is 265 g/mol. The van der Waals surface area contributed by atoms with Gasteiger partial charge in [-0.1, -0.05) is 19.3 Å². The second-order valence-corrected chi connectivity index (χ2v) is 6.69. The predicted octanol–water partition coefficient (Wildman–Crippen LogP) is 3.12. The van der Waals surface area contributed by atoms with E-state index in [4.69, 9.17) is 5.73 Å². The van der Waals surface area contributed by atoms with Crippen LogP contribution in [0.15, 0.2) is 18.3 Å². The Hall–Kier alpha value is -1.00. The third-order valence-corrected chi connectivity index (χ3v) is 5.26. The van der Waals surface area contributed by atoms with Crippen LogP contribution in [0.3, 0.4) is 0 Å². The minimum absolute atomic E-state index is 0.0883. The van der Waals surface area contributed by atoms with Crippen LogP contribution in [0.2, 0.25) is 0 Å². The lowest BCUT2D eigenvalue weighted by atomic mass is 9.75. The van der Waals surface area contributed by atoms with E-state index in [2.05, 4.69) is 9.88 Å². The number of fused-ring (bicyclic) bond motifs is 1. The maximum absolute atomic E-state index is 12.9. The van der Waals surface area contributed by atoms with Gasteiger partial charge in [0.2, 0.25) is 0 Å². The largest absolute Gasteiger partial charge is 0.323 e. The van der Waals surface area contributed by atoms with E-state index in [1.165, 1.54) is 57.5 Å². The van der Waals surface area contributed by atoms with Crippen LogP contribution in [0, 0.1) is 17.7 Å². The summed E-state index contributed by atoms with van der Waals surface area (Å²) in [5.74, 6) is 1.58. The van der Waals surface area contributed by atoms with E-state index in [9.17, 15) is 4.39 Å². The molecule has 1 aliphatic heterocycles. The van der Waals surface area contributed by atoms with Crippen molar-refractivity contribution in [3.63, 3.8) is 0 Å². The molecule has 2 fully saturated rings. The van der Waals surface area contributed by atoms with Crippen LogP contribution >= 0.6 is 0 Å². The molecule has 0 aromatic carbocycles. The van der Waals surface area contributed by atoms with Gasteiger partial charge in [-0.2, -0.15) is 0 Å². The van der Waals surface area contributed by atoms with E-state index in [0.717, 1.165) is 30.5 Å². The first kappa shape index (κ1) is 14.9.